The Bertz CT molecular complexity index is 577. The van der Waals surface area contributed by atoms with Crippen molar-refractivity contribution in [2.45, 2.75) is 43.5 Å². The minimum absolute atomic E-state index is 0.0774. The van der Waals surface area contributed by atoms with Crippen LogP contribution in [0.4, 0.5) is 8.78 Å². The van der Waals surface area contributed by atoms with E-state index in [0.717, 1.165) is 31.7 Å². The molecule has 1 aliphatic rings. The van der Waals surface area contributed by atoms with Crippen molar-refractivity contribution < 1.29 is 17.2 Å². The summed E-state index contributed by atoms with van der Waals surface area (Å²) < 4.78 is 53.5. The number of rotatable bonds is 4. The summed E-state index contributed by atoms with van der Waals surface area (Å²) in [4.78, 5) is -0.479. The molecule has 1 saturated carbocycles. The van der Waals surface area contributed by atoms with E-state index < -0.39 is 26.6 Å². The third kappa shape index (κ3) is 2.89. The second-order valence-corrected chi connectivity index (χ2v) is 7.53. The van der Waals surface area contributed by atoms with Gasteiger partial charge in [0.05, 0.1) is 0 Å². The standard InChI is InChI=1S/C13H16BrF2NO2S/c1-2-17(10-5-3-4-6-10)20(18,19)13-11(14)7-9(15)8-12(13)16/h7-8,10H,2-6H2,1H3. The molecule has 2 rings (SSSR count). The normalized spacial score (nSPS) is 17.1. The van der Waals surface area contributed by atoms with Crippen LogP contribution in [0.2, 0.25) is 0 Å². The van der Waals surface area contributed by atoms with Gasteiger partial charge in [0.1, 0.15) is 16.5 Å². The number of hydrogen-bond donors (Lipinski definition) is 0. The quantitative estimate of drug-likeness (QED) is 0.813. The second-order valence-electron chi connectivity index (χ2n) is 4.85. The van der Waals surface area contributed by atoms with Crippen LogP contribution in [0.25, 0.3) is 0 Å². The molecule has 20 heavy (non-hydrogen) atoms. The van der Waals surface area contributed by atoms with Crippen LogP contribution in [0.15, 0.2) is 21.5 Å². The van der Waals surface area contributed by atoms with Gasteiger partial charge in [-0.3, -0.25) is 0 Å². The highest BCUT2D eigenvalue weighted by molar-refractivity contribution is 9.10. The van der Waals surface area contributed by atoms with Gasteiger partial charge in [0, 0.05) is 23.1 Å². The first-order chi connectivity index (χ1) is 9.37. The maximum Gasteiger partial charge on any atom is 0.247 e. The highest BCUT2D eigenvalue weighted by atomic mass is 79.9. The summed E-state index contributed by atoms with van der Waals surface area (Å²) in [5, 5.41) is 0. The molecule has 0 spiro atoms. The Balaban J connectivity index is 2.48. The molecule has 0 atom stereocenters. The van der Waals surface area contributed by atoms with Crippen molar-refractivity contribution in [1.82, 2.24) is 4.31 Å². The lowest BCUT2D eigenvalue weighted by molar-refractivity contribution is 0.333. The van der Waals surface area contributed by atoms with Gasteiger partial charge in [-0.25, -0.2) is 17.2 Å². The summed E-state index contributed by atoms with van der Waals surface area (Å²) in [6, 6.07) is 1.47. The Labute approximate surface area is 126 Å². The van der Waals surface area contributed by atoms with E-state index in [1.807, 2.05) is 0 Å². The first-order valence-electron chi connectivity index (χ1n) is 6.54. The minimum atomic E-state index is -3.97. The number of nitrogens with zero attached hydrogens (tertiary/aromatic N) is 1. The molecule has 7 heteroatoms. The van der Waals surface area contributed by atoms with Crippen molar-refractivity contribution in [2.24, 2.45) is 0 Å². The molecule has 0 heterocycles. The maximum atomic E-state index is 13.9. The Morgan fingerprint density at radius 2 is 1.90 bits per heavy atom. The monoisotopic (exact) mass is 367 g/mol. The average molecular weight is 368 g/mol. The van der Waals surface area contributed by atoms with Crippen molar-refractivity contribution in [3.8, 4) is 0 Å². The zero-order chi connectivity index (χ0) is 14.9. The van der Waals surface area contributed by atoms with Gasteiger partial charge in [0.2, 0.25) is 10.0 Å². The van der Waals surface area contributed by atoms with Crippen molar-refractivity contribution in [3.05, 3.63) is 28.2 Å². The molecule has 0 bridgehead atoms. The van der Waals surface area contributed by atoms with E-state index in [9.17, 15) is 17.2 Å². The largest absolute Gasteiger partial charge is 0.247 e. The van der Waals surface area contributed by atoms with Gasteiger partial charge in [0.25, 0.3) is 0 Å². The third-order valence-electron chi connectivity index (χ3n) is 3.57. The van der Waals surface area contributed by atoms with E-state index in [1.165, 1.54) is 4.31 Å². The molecule has 1 aliphatic carbocycles. The van der Waals surface area contributed by atoms with E-state index in [1.54, 1.807) is 6.92 Å². The molecule has 0 saturated heterocycles. The lowest BCUT2D eigenvalue weighted by Crippen LogP contribution is -2.39. The van der Waals surface area contributed by atoms with Gasteiger partial charge in [-0.05, 0) is 34.8 Å². The zero-order valence-electron chi connectivity index (χ0n) is 11.1. The molecule has 0 aromatic heterocycles. The van der Waals surface area contributed by atoms with Crippen LogP contribution in [-0.4, -0.2) is 25.3 Å². The molecule has 0 aliphatic heterocycles. The van der Waals surface area contributed by atoms with Gasteiger partial charge >= 0.3 is 0 Å². The SMILES string of the molecule is CCN(C1CCCC1)S(=O)(=O)c1c(F)cc(F)cc1Br. The Morgan fingerprint density at radius 1 is 1.30 bits per heavy atom. The molecule has 0 unspecified atom stereocenters. The van der Waals surface area contributed by atoms with Gasteiger partial charge < -0.3 is 0 Å². The van der Waals surface area contributed by atoms with Gasteiger partial charge in [-0.1, -0.05) is 19.8 Å². The molecule has 0 amide bonds. The van der Waals surface area contributed by atoms with Crippen LogP contribution >= 0.6 is 15.9 Å². The Kier molecular flexibility index (Phi) is 4.81. The van der Waals surface area contributed by atoms with E-state index in [0.29, 0.717) is 6.07 Å². The fourth-order valence-corrected chi connectivity index (χ4v) is 5.52. The lowest BCUT2D eigenvalue weighted by atomic mass is 10.2. The highest BCUT2D eigenvalue weighted by Gasteiger charge is 2.35. The van der Waals surface area contributed by atoms with E-state index in [4.69, 9.17) is 0 Å². The van der Waals surface area contributed by atoms with E-state index >= 15 is 0 Å². The molecule has 112 valence electrons. The molecule has 0 N–H and O–H groups in total. The summed E-state index contributed by atoms with van der Waals surface area (Å²) in [7, 11) is -3.97. The summed E-state index contributed by atoms with van der Waals surface area (Å²) in [6.07, 6.45) is 3.52. The van der Waals surface area contributed by atoms with Gasteiger partial charge in [-0.15, -0.1) is 0 Å². The number of sulfonamides is 1. The first kappa shape index (κ1) is 15.9. The van der Waals surface area contributed by atoms with Crippen molar-refractivity contribution in [1.29, 1.82) is 0 Å². The predicted octanol–water partition coefficient (Wildman–Crippen LogP) is 3.68. The van der Waals surface area contributed by atoms with Crippen LogP contribution in [-0.2, 0) is 10.0 Å². The van der Waals surface area contributed by atoms with Gasteiger partial charge in [-0.2, -0.15) is 4.31 Å². The molecular formula is C13H16BrF2NO2S. The summed E-state index contributed by atoms with van der Waals surface area (Å²) in [5.74, 6) is -1.87. The van der Waals surface area contributed by atoms with E-state index in [2.05, 4.69) is 15.9 Å². The van der Waals surface area contributed by atoms with Crippen molar-refractivity contribution in [2.75, 3.05) is 6.54 Å². The fourth-order valence-electron chi connectivity index (χ4n) is 2.71. The summed E-state index contributed by atoms with van der Waals surface area (Å²) in [6.45, 7) is 2.00. The molecule has 0 radical (unpaired) electrons. The van der Waals surface area contributed by atoms with Crippen molar-refractivity contribution >= 4 is 26.0 Å². The van der Waals surface area contributed by atoms with Crippen LogP contribution in [0.3, 0.4) is 0 Å². The summed E-state index contributed by atoms with van der Waals surface area (Å²) >= 11 is 2.95. The van der Waals surface area contributed by atoms with Crippen LogP contribution in [0.5, 0.6) is 0 Å². The van der Waals surface area contributed by atoms with Crippen LogP contribution in [0.1, 0.15) is 32.6 Å². The fraction of sp³-hybridized carbons (Fsp3) is 0.538. The number of benzene rings is 1. The van der Waals surface area contributed by atoms with Gasteiger partial charge in [0.15, 0.2) is 0 Å². The van der Waals surface area contributed by atoms with E-state index in [-0.39, 0.29) is 17.1 Å². The number of halogens is 3. The summed E-state index contributed by atoms with van der Waals surface area (Å²) in [5.41, 5.74) is 0. The minimum Gasteiger partial charge on any atom is -0.207 e. The Hall–Kier alpha value is -0.530. The van der Waals surface area contributed by atoms with Crippen LogP contribution in [0, 0.1) is 11.6 Å². The third-order valence-corrected chi connectivity index (χ3v) is 6.57. The predicted molar refractivity (Wildman–Crippen MR) is 75.9 cm³/mol. The molecular weight excluding hydrogens is 352 g/mol. The lowest BCUT2D eigenvalue weighted by Gasteiger charge is -2.27. The topological polar surface area (TPSA) is 37.4 Å². The smallest absolute Gasteiger partial charge is 0.207 e. The molecule has 1 fully saturated rings. The second kappa shape index (κ2) is 6.07. The average Bonchev–Trinajstić information content (AvgIpc) is 2.80. The number of hydrogen-bond acceptors (Lipinski definition) is 2. The van der Waals surface area contributed by atoms with Crippen LogP contribution < -0.4 is 0 Å². The maximum absolute atomic E-state index is 13.9. The highest BCUT2D eigenvalue weighted by Crippen LogP contribution is 2.33. The zero-order valence-corrected chi connectivity index (χ0v) is 13.5. The Morgan fingerprint density at radius 3 is 2.40 bits per heavy atom. The molecule has 3 nitrogen and oxygen atoms in total. The molecule has 1 aromatic carbocycles. The molecule has 1 aromatic rings. The first-order valence-corrected chi connectivity index (χ1v) is 8.77. The van der Waals surface area contributed by atoms with Crippen molar-refractivity contribution in [3.63, 3.8) is 0 Å².